The van der Waals surface area contributed by atoms with Crippen LogP contribution in [0.1, 0.15) is 22.8 Å². The molecular weight excluding hydrogens is 488 g/mol. The number of carbonyl (C=O) groups excluding carboxylic acids is 2. The highest BCUT2D eigenvalue weighted by Crippen LogP contribution is 2.24. The van der Waals surface area contributed by atoms with Gasteiger partial charge in [-0.25, -0.2) is 23.2 Å². The molecule has 1 saturated heterocycles. The van der Waals surface area contributed by atoms with Gasteiger partial charge in [-0.2, -0.15) is 0 Å². The summed E-state index contributed by atoms with van der Waals surface area (Å²) >= 11 is 5.88. The fourth-order valence-corrected chi connectivity index (χ4v) is 3.78. The van der Waals surface area contributed by atoms with E-state index < -0.39 is 57.6 Å². The Balaban J connectivity index is 1.85. The second kappa shape index (κ2) is 9.71. The molecule has 0 N–H and O–H groups in total. The zero-order chi connectivity index (χ0) is 25.3. The first-order chi connectivity index (χ1) is 16.7. The van der Waals surface area contributed by atoms with E-state index in [1.807, 2.05) is 0 Å². The summed E-state index contributed by atoms with van der Waals surface area (Å²) in [5, 5.41) is -0.591. The highest BCUT2D eigenvalue weighted by molar-refractivity contribution is 6.31. The Morgan fingerprint density at radius 1 is 1.06 bits per heavy atom. The average molecular weight is 506 g/mol. The lowest BCUT2D eigenvalue weighted by atomic mass is 10.2. The summed E-state index contributed by atoms with van der Waals surface area (Å²) in [7, 11) is 0. The van der Waals surface area contributed by atoms with E-state index in [1.54, 1.807) is 12.1 Å². The highest BCUT2D eigenvalue weighted by Gasteiger charge is 2.24. The van der Waals surface area contributed by atoms with Crippen molar-refractivity contribution in [2.24, 2.45) is 0 Å². The lowest BCUT2D eigenvalue weighted by Crippen LogP contribution is -2.42. The van der Waals surface area contributed by atoms with Gasteiger partial charge in [0.1, 0.15) is 23.8 Å². The van der Waals surface area contributed by atoms with Crippen LogP contribution >= 0.6 is 11.6 Å². The Labute approximate surface area is 201 Å². The molecule has 1 aliphatic heterocycles. The van der Waals surface area contributed by atoms with Crippen molar-refractivity contribution >= 4 is 29.4 Å². The zero-order valence-electron chi connectivity index (χ0n) is 18.3. The molecule has 182 valence electrons. The van der Waals surface area contributed by atoms with Gasteiger partial charge < -0.3 is 9.47 Å². The molecule has 0 bridgehead atoms. The second-order valence-electron chi connectivity index (χ2n) is 7.41. The van der Waals surface area contributed by atoms with Gasteiger partial charge in [0, 0.05) is 17.4 Å². The summed E-state index contributed by atoms with van der Waals surface area (Å²) in [5.41, 5.74) is -2.17. The number of amides is 1. The highest BCUT2D eigenvalue weighted by atomic mass is 35.5. The minimum absolute atomic E-state index is 0.0393. The van der Waals surface area contributed by atoms with E-state index in [0.29, 0.717) is 16.8 Å². The number of anilines is 1. The Kier molecular flexibility index (Phi) is 6.70. The van der Waals surface area contributed by atoms with Gasteiger partial charge in [0.25, 0.3) is 5.56 Å². The van der Waals surface area contributed by atoms with Crippen LogP contribution in [0.4, 0.5) is 19.3 Å². The quantitative estimate of drug-likeness (QED) is 0.377. The van der Waals surface area contributed by atoms with Crippen LogP contribution in [0.3, 0.4) is 0 Å². The standard InChI is InChI=1S/C23H18ClF2N3O6/c1-2-34-21(31)16-12-28(14-5-3-13(4-6-14)27-9-10-35-23(27)33)22(32)29(20(16)30)11-15-17(25)7-8-18(26)19(15)24/h3-8,12H,2,9-11H2,1H3. The Bertz CT molecular complexity index is 1430. The number of ether oxygens (including phenoxy) is 2. The minimum Gasteiger partial charge on any atom is -0.462 e. The Hall–Kier alpha value is -3.99. The molecule has 1 aromatic heterocycles. The summed E-state index contributed by atoms with van der Waals surface area (Å²) in [6.07, 6.45) is 0.504. The van der Waals surface area contributed by atoms with Crippen LogP contribution in [0.5, 0.6) is 0 Å². The monoisotopic (exact) mass is 505 g/mol. The largest absolute Gasteiger partial charge is 0.462 e. The lowest BCUT2D eigenvalue weighted by Gasteiger charge is -2.16. The van der Waals surface area contributed by atoms with E-state index in [0.717, 1.165) is 22.9 Å². The third kappa shape index (κ3) is 4.54. The molecule has 12 heteroatoms. The Morgan fingerprint density at radius 3 is 2.34 bits per heavy atom. The summed E-state index contributed by atoms with van der Waals surface area (Å²) in [6, 6.07) is 7.71. The molecule has 0 aliphatic carbocycles. The maximum Gasteiger partial charge on any atom is 0.414 e. The normalized spacial score (nSPS) is 13.1. The van der Waals surface area contributed by atoms with Gasteiger partial charge in [-0.1, -0.05) is 11.6 Å². The van der Waals surface area contributed by atoms with E-state index in [9.17, 15) is 28.0 Å². The van der Waals surface area contributed by atoms with Gasteiger partial charge in [0.15, 0.2) is 0 Å². The SMILES string of the molecule is CCOC(=O)c1cn(-c2ccc(N3CCOC3=O)cc2)c(=O)n(Cc2c(F)ccc(F)c2Cl)c1=O. The maximum atomic E-state index is 14.4. The van der Waals surface area contributed by atoms with E-state index in [-0.39, 0.29) is 18.9 Å². The summed E-state index contributed by atoms with van der Waals surface area (Å²) in [6.45, 7) is 1.37. The summed E-state index contributed by atoms with van der Waals surface area (Å²) < 4.78 is 39.7. The van der Waals surface area contributed by atoms with Crippen LogP contribution < -0.4 is 16.1 Å². The number of hydrogen-bond donors (Lipinski definition) is 0. The van der Waals surface area contributed by atoms with Gasteiger partial charge in [-0.05, 0) is 43.3 Å². The number of hydrogen-bond acceptors (Lipinski definition) is 6. The molecule has 1 aliphatic rings. The van der Waals surface area contributed by atoms with E-state index >= 15 is 0 Å². The van der Waals surface area contributed by atoms with Crippen molar-refractivity contribution in [2.75, 3.05) is 24.7 Å². The van der Waals surface area contributed by atoms with Gasteiger partial charge in [-0.3, -0.25) is 18.8 Å². The summed E-state index contributed by atoms with van der Waals surface area (Å²) in [5.74, 6) is -2.87. The first kappa shape index (κ1) is 24.1. The first-order valence-electron chi connectivity index (χ1n) is 10.4. The number of nitrogens with zero attached hydrogens (tertiary/aromatic N) is 3. The molecule has 0 saturated carbocycles. The fourth-order valence-electron chi connectivity index (χ4n) is 3.57. The second-order valence-corrected chi connectivity index (χ2v) is 7.79. The van der Waals surface area contributed by atoms with Gasteiger partial charge in [0.2, 0.25) is 0 Å². The molecule has 1 amide bonds. The van der Waals surface area contributed by atoms with Crippen LogP contribution in [0, 0.1) is 11.6 Å². The van der Waals surface area contributed by atoms with Crippen molar-refractivity contribution in [1.29, 1.82) is 0 Å². The topological polar surface area (TPSA) is 99.8 Å². The number of esters is 1. The molecule has 2 aromatic carbocycles. The van der Waals surface area contributed by atoms with Crippen LogP contribution in [0.15, 0.2) is 52.2 Å². The molecule has 1 fully saturated rings. The molecule has 3 aromatic rings. The maximum absolute atomic E-state index is 14.4. The van der Waals surface area contributed by atoms with Crippen molar-refractivity contribution in [1.82, 2.24) is 9.13 Å². The van der Waals surface area contributed by atoms with Crippen molar-refractivity contribution in [3.05, 3.63) is 91.2 Å². The van der Waals surface area contributed by atoms with Crippen molar-refractivity contribution in [3.8, 4) is 5.69 Å². The zero-order valence-corrected chi connectivity index (χ0v) is 19.1. The number of rotatable bonds is 6. The minimum atomic E-state index is -1.05. The predicted octanol–water partition coefficient (Wildman–Crippen LogP) is 3.11. The third-order valence-electron chi connectivity index (χ3n) is 5.32. The van der Waals surface area contributed by atoms with Crippen LogP contribution in [0.2, 0.25) is 5.02 Å². The van der Waals surface area contributed by atoms with Gasteiger partial charge in [-0.15, -0.1) is 0 Å². The molecular formula is C23H18ClF2N3O6. The smallest absolute Gasteiger partial charge is 0.414 e. The lowest BCUT2D eigenvalue weighted by molar-refractivity contribution is 0.0522. The molecule has 9 nitrogen and oxygen atoms in total. The van der Waals surface area contributed by atoms with E-state index in [4.69, 9.17) is 21.1 Å². The number of halogens is 3. The molecule has 2 heterocycles. The third-order valence-corrected chi connectivity index (χ3v) is 5.73. The molecule has 0 unspecified atom stereocenters. The van der Waals surface area contributed by atoms with Crippen LogP contribution in [-0.2, 0) is 16.0 Å². The summed E-state index contributed by atoms with van der Waals surface area (Å²) in [4.78, 5) is 51.9. The van der Waals surface area contributed by atoms with Crippen molar-refractivity contribution in [2.45, 2.75) is 13.5 Å². The molecule has 0 radical (unpaired) electrons. The fraction of sp³-hybridized carbons (Fsp3) is 0.217. The predicted molar refractivity (Wildman–Crippen MR) is 121 cm³/mol. The first-order valence-corrected chi connectivity index (χ1v) is 10.8. The van der Waals surface area contributed by atoms with Crippen molar-refractivity contribution < 1.29 is 27.8 Å². The molecule has 0 spiro atoms. The van der Waals surface area contributed by atoms with E-state index in [1.165, 1.54) is 24.0 Å². The number of benzene rings is 2. The molecule has 4 rings (SSSR count). The van der Waals surface area contributed by atoms with Gasteiger partial charge >= 0.3 is 17.8 Å². The molecule has 35 heavy (non-hydrogen) atoms. The van der Waals surface area contributed by atoms with Crippen molar-refractivity contribution in [3.63, 3.8) is 0 Å². The average Bonchev–Trinajstić information content (AvgIpc) is 3.27. The molecule has 0 atom stereocenters. The Morgan fingerprint density at radius 2 is 1.71 bits per heavy atom. The van der Waals surface area contributed by atoms with Crippen LogP contribution in [-0.4, -0.2) is 41.0 Å². The van der Waals surface area contributed by atoms with Gasteiger partial charge in [0.05, 0.1) is 30.4 Å². The van der Waals surface area contributed by atoms with Crippen LogP contribution in [0.25, 0.3) is 5.69 Å². The number of cyclic esters (lactones) is 1. The number of carbonyl (C=O) groups is 2. The number of aromatic nitrogens is 2. The van der Waals surface area contributed by atoms with E-state index in [2.05, 4.69) is 0 Å².